The second-order valence-electron chi connectivity index (χ2n) is 7.10. The van der Waals surface area contributed by atoms with Crippen molar-refractivity contribution >= 4 is 41.0 Å². The van der Waals surface area contributed by atoms with Crippen LogP contribution < -0.4 is 10.6 Å². The molecule has 3 rings (SSSR count). The van der Waals surface area contributed by atoms with Gasteiger partial charge in [0.15, 0.2) is 0 Å². The molecule has 1 unspecified atom stereocenters. The van der Waals surface area contributed by atoms with Crippen molar-refractivity contribution in [3.8, 4) is 0 Å². The van der Waals surface area contributed by atoms with Crippen molar-refractivity contribution in [2.45, 2.75) is 44.1 Å². The van der Waals surface area contributed by atoms with Gasteiger partial charge in [0.25, 0.3) is 5.91 Å². The van der Waals surface area contributed by atoms with E-state index in [2.05, 4.69) is 10.6 Å². The van der Waals surface area contributed by atoms with Gasteiger partial charge in [-0.3, -0.25) is 14.9 Å². The normalized spacial score (nSPS) is 23.7. The van der Waals surface area contributed by atoms with E-state index >= 15 is 0 Å². The van der Waals surface area contributed by atoms with Crippen molar-refractivity contribution in [1.82, 2.24) is 15.5 Å². The molecule has 0 aromatic heterocycles. The maximum atomic E-state index is 12.5. The van der Waals surface area contributed by atoms with Crippen molar-refractivity contribution < 1.29 is 14.4 Å². The standard InChI is InChI=1S/C18H21Cl2N3O3/c1-18(16(25)21-17(26)22-18)5-2-15(24)23-6-3-11(4-7-23)12-8-13(19)10-14(20)9-12/h8-11H,2-7H2,1H3,(H2,21,22,25,26). The Balaban J connectivity index is 1.52. The summed E-state index contributed by atoms with van der Waals surface area (Å²) in [6.07, 6.45) is 2.19. The van der Waals surface area contributed by atoms with Crippen LogP contribution in [0.1, 0.15) is 44.1 Å². The molecule has 0 saturated carbocycles. The predicted octanol–water partition coefficient (Wildman–Crippen LogP) is 3.08. The molecule has 0 aliphatic carbocycles. The average Bonchev–Trinajstić information content (AvgIpc) is 2.84. The zero-order valence-corrected chi connectivity index (χ0v) is 16.0. The Bertz CT molecular complexity index is 727. The van der Waals surface area contributed by atoms with Gasteiger partial charge in [-0.25, -0.2) is 4.79 Å². The highest BCUT2D eigenvalue weighted by Gasteiger charge is 2.42. The summed E-state index contributed by atoms with van der Waals surface area (Å²) in [6.45, 7) is 2.95. The monoisotopic (exact) mass is 397 g/mol. The van der Waals surface area contributed by atoms with Crippen LogP contribution in [-0.2, 0) is 9.59 Å². The van der Waals surface area contributed by atoms with E-state index in [-0.39, 0.29) is 24.7 Å². The molecule has 140 valence electrons. The lowest BCUT2D eigenvalue weighted by molar-refractivity contribution is -0.133. The summed E-state index contributed by atoms with van der Waals surface area (Å²) in [4.78, 5) is 37.4. The number of amides is 4. The van der Waals surface area contributed by atoms with Gasteiger partial charge < -0.3 is 10.2 Å². The molecule has 2 N–H and O–H groups in total. The first kappa shape index (κ1) is 19.0. The van der Waals surface area contributed by atoms with E-state index in [1.54, 1.807) is 13.0 Å². The van der Waals surface area contributed by atoms with E-state index in [0.717, 1.165) is 18.4 Å². The molecule has 2 saturated heterocycles. The highest BCUT2D eigenvalue weighted by molar-refractivity contribution is 6.34. The molecule has 0 bridgehead atoms. The van der Waals surface area contributed by atoms with Crippen LogP contribution in [0.3, 0.4) is 0 Å². The number of imide groups is 1. The Kier molecular flexibility index (Phi) is 5.44. The number of piperidine rings is 1. The fourth-order valence-electron chi connectivity index (χ4n) is 3.54. The lowest BCUT2D eigenvalue weighted by Crippen LogP contribution is -2.45. The van der Waals surface area contributed by atoms with E-state index in [1.807, 2.05) is 17.0 Å². The smallest absolute Gasteiger partial charge is 0.322 e. The third kappa shape index (κ3) is 4.13. The molecular weight excluding hydrogens is 377 g/mol. The van der Waals surface area contributed by atoms with E-state index in [9.17, 15) is 14.4 Å². The number of hydrogen-bond acceptors (Lipinski definition) is 3. The molecular formula is C18H21Cl2N3O3. The van der Waals surface area contributed by atoms with Crippen molar-refractivity contribution in [3.05, 3.63) is 33.8 Å². The number of carbonyl (C=O) groups excluding carboxylic acids is 3. The van der Waals surface area contributed by atoms with Gasteiger partial charge in [-0.2, -0.15) is 0 Å². The summed E-state index contributed by atoms with van der Waals surface area (Å²) in [5.41, 5.74) is 0.0928. The molecule has 4 amide bonds. The van der Waals surface area contributed by atoms with Gasteiger partial charge in [0.05, 0.1) is 0 Å². The Morgan fingerprint density at radius 1 is 1.19 bits per heavy atom. The second kappa shape index (κ2) is 7.45. The first-order valence-electron chi connectivity index (χ1n) is 8.64. The van der Waals surface area contributed by atoms with Crippen molar-refractivity contribution in [1.29, 1.82) is 0 Å². The zero-order chi connectivity index (χ0) is 18.9. The van der Waals surface area contributed by atoms with Gasteiger partial charge in [-0.15, -0.1) is 0 Å². The summed E-state index contributed by atoms with van der Waals surface area (Å²) in [7, 11) is 0. The van der Waals surface area contributed by atoms with Gasteiger partial charge >= 0.3 is 6.03 Å². The van der Waals surface area contributed by atoms with Crippen LogP contribution in [0, 0.1) is 0 Å². The van der Waals surface area contributed by atoms with Crippen LogP contribution in [0.4, 0.5) is 4.79 Å². The molecule has 2 heterocycles. The average molecular weight is 398 g/mol. The molecule has 2 aliphatic rings. The number of hydrogen-bond donors (Lipinski definition) is 2. The third-order valence-corrected chi connectivity index (χ3v) is 5.60. The number of urea groups is 1. The van der Waals surface area contributed by atoms with Gasteiger partial charge in [0.1, 0.15) is 5.54 Å². The molecule has 0 spiro atoms. The van der Waals surface area contributed by atoms with Gasteiger partial charge in [-0.05, 0) is 55.9 Å². The number of benzene rings is 1. The molecule has 0 radical (unpaired) electrons. The van der Waals surface area contributed by atoms with Crippen molar-refractivity contribution in [2.75, 3.05) is 13.1 Å². The number of nitrogens with one attached hydrogen (secondary N) is 2. The topological polar surface area (TPSA) is 78.5 Å². The van der Waals surface area contributed by atoms with E-state index in [0.29, 0.717) is 29.1 Å². The molecule has 26 heavy (non-hydrogen) atoms. The number of halogens is 2. The number of carbonyl (C=O) groups is 3. The highest BCUT2D eigenvalue weighted by atomic mass is 35.5. The minimum atomic E-state index is -1.01. The number of likely N-dealkylation sites (tertiary alicyclic amines) is 1. The van der Waals surface area contributed by atoms with Crippen LogP contribution in [0.5, 0.6) is 0 Å². The third-order valence-electron chi connectivity index (χ3n) is 5.16. The number of rotatable bonds is 4. The summed E-state index contributed by atoms with van der Waals surface area (Å²) in [5.74, 6) is -0.0535. The first-order valence-corrected chi connectivity index (χ1v) is 9.40. The first-order chi connectivity index (χ1) is 12.3. The predicted molar refractivity (Wildman–Crippen MR) is 99.3 cm³/mol. The maximum Gasteiger partial charge on any atom is 0.322 e. The van der Waals surface area contributed by atoms with Crippen LogP contribution in [0.15, 0.2) is 18.2 Å². The fourth-order valence-corrected chi connectivity index (χ4v) is 4.09. The highest BCUT2D eigenvalue weighted by Crippen LogP contribution is 2.32. The fraction of sp³-hybridized carbons (Fsp3) is 0.500. The molecule has 2 fully saturated rings. The molecule has 1 aromatic carbocycles. The Hall–Kier alpha value is -1.79. The second-order valence-corrected chi connectivity index (χ2v) is 7.97. The zero-order valence-electron chi connectivity index (χ0n) is 14.5. The molecule has 6 nitrogen and oxygen atoms in total. The number of nitrogens with zero attached hydrogens (tertiary/aromatic N) is 1. The van der Waals surface area contributed by atoms with Crippen molar-refractivity contribution in [2.24, 2.45) is 0 Å². The lowest BCUT2D eigenvalue weighted by Gasteiger charge is -2.33. The quantitative estimate of drug-likeness (QED) is 0.766. The summed E-state index contributed by atoms with van der Waals surface area (Å²) < 4.78 is 0. The Labute approximate surface area is 162 Å². The van der Waals surface area contributed by atoms with Crippen molar-refractivity contribution in [3.63, 3.8) is 0 Å². The van der Waals surface area contributed by atoms with E-state index < -0.39 is 11.6 Å². The molecule has 2 aliphatic heterocycles. The minimum absolute atomic E-state index is 0.00255. The molecule has 1 atom stereocenters. The minimum Gasteiger partial charge on any atom is -0.343 e. The van der Waals surface area contributed by atoms with E-state index in [1.165, 1.54) is 0 Å². The summed E-state index contributed by atoms with van der Waals surface area (Å²) in [5, 5.41) is 6.03. The van der Waals surface area contributed by atoms with E-state index in [4.69, 9.17) is 23.2 Å². The Morgan fingerprint density at radius 3 is 2.35 bits per heavy atom. The lowest BCUT2D eigenvalue weighted by atomic mass is 9.89. The summed E-state index contributed by atoms with van der Waals surface area (Å²) in [6, 6.07) is 5.06. The van der Waals surface area contributed by atoms with Crippen LogP contribution in [-0.4, -0.2) is 41.4 Å². The van der Waals surface area contributed by atoms with Gasteiger partial charge in [0.2, 0.25) is 5.91 Å². The van der Waals surface area contributed by atoms with Gasteiger partial charge in [-0.1, -0.05) is 23.2 Å². The van der Waals surface area contributed by atoms with Gasteiger partial charge in [0, 0.05) is 29.6 Å². The SMILES string of the molecule is CC1(CCC(=O)N2CCC(c3cc(Cl)cc(Cl)c3)CC2)NC(=O)NC1=O. The molecule has 1 aromatic rings. The largest absolute Gasteiger partial charge is 0.343 e. The summed E-state index contributed by atoms with van der Waals surface area (Å²) >= 11 is 12.2. The Morgan fingerprint density at radius 2 is 1.81 bits per heavy atom. The van der Waals surface area contributed by atoms with Crippen LogP contribution in [0.25, 0.3) is 0 Å². The maximum absolute atomic E-state index is 12.5. The molecule has 8 heteroatoms. The van der Waals surface area contributed by atoms with Crippen LogP contribution >= 0.6 is 23.2 Å². The van der Waals surface area contributed by atoms with Crippen LogP contribution in [0.2, 0.25) is 10.0 Å².